The largest absolute Gasteiger partial charge is 0.492 e. The van der Waals surface area contributed by atoms with Crippen molar-refractivity contribution in [1.29, 1.82) is 0 Å². The van der Waals surface area contributed by atoms with Crippen molar-refractivity contribution >= 4 is 31.9 Å². The molecule has 1 N–H and O–H groups in total. The van der Waals surface area contributed by atoms with Crippen molar-refractivity contribution in [3.63, 3.8) is 0 Å². The van der Waals surface area contributed by atoms with Crippen LogP contribution in [0, 0.1) is 0 Å². The van der Waals surface area contributed by atoms with Crippen LogP contribution in [0.1, 0.15) is 32.3 Å². The predicted octanol–water partition coefficient (Wildman–Crippen LogP) is 4.50. The molecule has 0 aliphatic heterocycles. The van der Waals surface area contributed by atoms with E-state index in [2.05, 4.69) is 50.2 Å². The zero-order chi connectivity index (χ0) is 12.7. The average molecular weight is 365 g/mol. The van der Waals surface area contributed by atoms with E-state index in [9.17, 15) is 0 Å². The van der Waals surface area contributed by atoms with Gasteiger partial charge in [0.15, 0.2) is 0 Å². The molecule has 0 amide bonds. The van der Waals surface area contributed by atoms with Crippen molar-refractivity contribution in [1.82, 2.24) is 5.32 Å². The van der Waals surface area contributed by atoms with Gasteiger partial charge in [-0.15, -0.1) is 0 Å². The number of rotatable bonds is 7. The zero-order valence-corrected chi connectivity index (χ0v) is 13.5. The Morgan fingerprint density at radius 2 is 2.00 bits per heavy atom. The molecule has 1 rings (SSSR count). The Kier molecular flexibility index (Phi) is 7.16. The molecule has 2 nitrogen and oxygen atoms in total. The second-order valence-corrected chi connectivity index (χ2v) is 5.61. The molecule has 4 heteroatoms. The Bertz CT molecular complexity index is 356. The molecule has 0 heterocycles. The molecule has 0 bridgehead atoms. The number of nitrogens with one attached hydrogen (secondary N) is 1. The van der Waals surface area contributed by atoms with Gasteiger partial charge < -0.3 is 10.1 Å². The van der Waals surface area contributed by atoms with Gasteiger partial charge in [-0.05, 0) is 48.0 Å². The molecule has 0 fully saturated rings. The van der Waals surface area contributed by atoms with Crippen molar-refractivity contribution in [2.75, 3.05) is 13.2 Å². The fourth-order valence-electron chi connectivity index (χ4n) is 1.58. The van der Waals surface area contributed by atoms with Crippen molar-refractivity contribution < 1.29 is 4.74 Å². The Morgan fingerprint density at radius 1 is 1.24 bits per heavy atom. The van der Waals surface area contributed by atoms with Gasteiger partial charge in [0.05, 0.1) is 11.1 Å². The third-order valence-electron chi connectivity index (χ3n) is 2.40. The second kappa shape index (κ2) is 8.11. The lowest BCUT2D eigenvalue weighted by molar-refractivity contribution is 0.333. The smallest absolute Gasteiger partial charge is 0.138 e. The minimum absolute atomic E-state index is 0.683. The molecule has 0 saturated carbocycles. The van der Waals surface area contributed by atoms with Gasteiger partial charge >= 0.3 is 0 Å². The van der Waals surface area contributed by atoms with E-state index in [1.165, 1.54) is 18.4 Å². The third-order valence-corrected chi connectivity index (χ3v) is 3.44. The van der Waals surface area contributed by atoms with E-state index >= 15 is 0 Å². The summed E-state index contributed by atoms with van der Waals surface area (Å²) < 4.78 is 7.74. The van der Waals surface area contributed by atoms with Crippen LogP contribution in [0.2, 0.25) is 0 Å². The highest BCUT2D eigenvalue weighted by molar-refractivity contribution is 9.11. The zero-order valence-electron chi connectivity index (χ0n) is 10.4. The van der Waals surface area contributed by atoms with Crippen LogP contribution >= 0.6 is 31.9 Å². The minimum atomic E-state index is 0.683. The van der Waals surface area contributed by atoms with Gasteiger partial charge in [-0.3, -0.25) is 0 Å². The maximum absolute atomic E-state index is 5.67. The second-order valence-electron chi connectivity index (χ2n) is 3.84. The molecule has 0 saturated heterocycles. The molecule has 0 aliphatic carbocycles. The SMILES string of the molecule is CCCCNCc1cc(Br)cc(Br)c1OCC. The Labute approximate surface area is 120 Å². The first-order chi connectivity index (χ1) is 8.19. The highest BCUT2D eigenvalue weighted by Gasteiger charge is 2.09. The molecule has 0 spiro atoms. The van der Waals surface area contributed by atoms with E-state index in [-0.39, 0.29) is 0 Å². The highest BCUT2D eigenvalue weighted by Crippen LogP contribution is 2.32. The summed E-state index contributed by atoms with van der Waals surface area (Å²) in [5.74, 6) is 0.944. The Hall–Kier alpha value is -0.0600. The summed E-state index contributed by atoms with van der Waals surface area (Å²) in [7, 11) is 0. The first-order valence-electron chi connectivity index (χ1n) is 6.00. The highest BCUT2D eigenvalue weighted by atomic mass is 79.9. The molecular formula is C13H19Br2NO. The van der Waals surface area contributed by atoms with E-state index in [1.807, 2.05) is 13.0 Å². The van der Waals surface area contributed by atoms with Gasteiger partial charge in [0.1, 0.15) is 5.75 Å². The molecule has 0 atom stereocenters. The number of halogens is 2. The lowest BCUT2D eigenvalue weighted by atomic mass is 10.2. The molecule has 0 radical (unpaired) electrons. The standard InChI is InChI=1S/C13H19Br2NO/c1-3-5-6-16-9-10-7-11(14)8-12(15)13(10)17-4-2/h7-8,16H,3-6,9H2,1-2H3. The van der Waals surface area contributed by atoms with Crippen LogP contribution in [0.3, 0.4) is 0 Å². The lowest BCUT2D eigenvalue weighted by Crippen LogP contribution is -2.15. The Morgan fingerprint density at radius 3 is 2.65 bits per heavy atom. The summed E-state index contributed by atoms with van der Waals surface area (Å²) in [6.07, 6.45) is 2.42. The first kappa shape index (κ1) is 15.0. The minimum Gasteiger partial charge on any atom is -0.492 e. The van der Waals surface area contributed by atoms with Crippen LogP contribution in [-0.4, -0.2) is 13.2 Å². The van der Waals surface area contributed by atoms with Crippen molar-refractivity contribution in [2.45, 2.75) is 33.2 Å². The van der Waals surface area contributed by atoms with Gasteiger partial charge in [0.25, 0.3) is 0 Å². The van der Waals surface area contributed by atoms with E-state index in [4.69, 9.17) is 4.74 Å². The molecule has 96 valence electrons. The topological polar surface area (TPSA) is 21.3 Å². The van der Waals surface area contributed by atoms with Crippen LogP contribution in [-0.2, 0) is 6.54 Å². The quantitative estimate of drug-likeness (QED) is 0.719. The van der Waals surface area contributed by atoms with E-state index in [1.54, 1.807) is 0 Å². The van der Waals surface area contributed by atoms with E-state index < -0.39 is 0 Å². The first-order valence-corrected chi connectivity index (χ1v) is 7.59. The van der Waals surface area contributed by atoms with Crippen molar-refractivity contribution in [3.05, 3.63) is 26.6 Å². The number of unbranched alkanes of at least 4 members (excludes halogenated alkanes) is 1. The number of hydrogen-bond acceptors (Lipinski definition) is 2. The number of ether oxygens (including phenoxy) is 1. The van der Waals surface area contributed by atoms with Gasteiger partial charge in [-0.25, -0.2) is 0 Å². The Balaban J connectivity index is 2.73. The van der Waals surface area contributed by atoms with Crippen LogP contribution < -0.4 is 10.1 Å². The molecule has 1 aromatic rings. The average Bonchev–Trinajstić information content (AvgIpc) is 2.29. The summed E-state index contributed by atoms with van der Waals surface area (Å²) >= 11 is 7.05. The predicted molar refractivity (Wildman–Crippen MR) is 79.6 cm³/mol. The van der Waals surface area contributed by atoms with Crippen LogP contribution in [0.25, 0.3) is 0 Å². The summed E-state index contributed by atoms with van der Waals surface area (Å²) in [6.45, 7) is 6.77. The van der Waals surface area contributed by atoms with Crippen molar-refractivity contribution in [2.24, 2.45) is 0 Å². The van der Waals surface area contributed by atoms with Gasteiger partial charge in [-0.1, -0.05) is 29.3 Å². The van der Waals surface area contributed by atoms with Gasteiger partial charge in [0, 0.05) is 16.6 Å². The summed E-state index contributed by atoms with van der Waals surface area (Å²) in [4.78, 5) is 0. The third kappa shape index (κ3) is 4.98. The lowest BCUT2D eigenvalue weighted by Gasteiger charge is -2.13. The monoisotopic (exact) mass is 363 g/mol. The number of benzene rings is 1. The molecule has 0 aliphatic rings. The van der Waals surface area contributed by atoms with E-state index in [0.29, 0.717) is 6.61 Å². The summed E-state index contributed by atoms with van der Waals surface area (Å²) in [5, 5.41) is 3.43. The molecule has 0 unspecified atom stereocenters. The fourth-order valence-corrected chi connectivity index (χ4v) is 3.00. The van der Waals surface area contributed by atoms with Gasteiger partial charge in [-0.2, -0.15) is 0 Å². The molecule has 17 heavy (non-hydrogen) atoms. The van der Waals surface area contributed by atoms with Crippen LogP contribution in [0.15, 0.2) is 21.1 Å². The van der Waals surface area contributed by atoms with E-state index in [0.717, 1.165) is 27.8 Å². The maximum Gasteiger partial charge on any atom is 0.138 e. The van der Waals surface area contributed by atoms with Crippen molar-refractivity contribution in [3.8, 4) is 5.75 Å². The fraction of sp³-hybridized carbons (Fsp3) is 0.538. The molecular weight excluding hydrogens is 346 g/mol. The normalized spacial score (nSPS) is 10.6. The summed E-state index contributed by atoms with van der Waals surface area (Å²) in [6, 6.07) is 4.12. The maximum atomic E-state index is 5.67. The van der Waals surface area contributed by atoms with Crippen LogP contribution in [0.5, 0.6) is 5.75 Å². The summed E-state index contributed by atoms with van der Waals surface area (Å²) in [5.41, 5.74) is 1.18. The molecule has 1 aromatic carbocycles. The van der Waals surface area contributed by atoms with Gasteiger partial charge in [0.2, 0.25) is 0 Å². The van der Waals surface area contributed by atoms with Crippen LogP contribution in [0.4, 0.5) is 0 Å². The number of hydrogen-bond donors (Lipinski definition) is 1. The molecule has 0 aromatic heterocycles.